The van der Waals surface area contributed by atoms with Crippen molar-refractivity contribution < 1.29 is 9.90 Å². The SMILES string of the molecule is CC1CN(C2(c3ccccc3)CCCCC2)CCN1CC(=O)O. The summed E-state index contributed by atoms with van der Waals surface area (Å²) in [6.45, 7) is 5.10. The Bertz CT molecular complexity index is 525. The van der Waals surface area contributed by atoms with Gasteiger partial charge in [-0.2, -0.15) is 0 Å². The number of hydrogen-bond donors (Lipinski definition) is 1. The maximum absolute atomic E-state index is 11.0. The molecule has 1 aromatic rings. The number of nitrogens with zero attached hydrogens (tertiary/aromatic N) is 2. The number of rotatable bonds is 4. The van der Waals surface area contributed by atoms with E-state index in [1.54, 1.807) is 0 Å². The highest BCUT2D eigenvalue weighted by Crippen LogP contribution is 2.43. The van der Waals surface area contributed by atoms with Gasteiger partial charge >= 0.3 is 5.97 Å². The molecule has 1 unspecified atom stereocenters. The van der Waals surface area contributed by atoms with Crippen molar-refractivity contribution in [2.75, 3.05) is 26.2 Å². The van der Waals surface area contributed by atoms with Gasteiger partial charge in [-0.05, 0) is 25.3 Å². The summed E-state index contributed by atoms with van der Waals surface area (Å²) in [6.07, 6.45) is 6.37. The fraction of sp³-hybridized carbons (Fsp3) is 0.632. The van der Waals surface area contributed by atoms with E-state index in [0.717, 1.165) is 19.6 Å². The van der Waals surface area contributed by atoms with Crippen LogP contribution in [-0.4, -0.2) is 53.1 Å². The number of aliphatic carboxylic acids is 1. The van der Waals surface area contributed by atoms with Gasteiger partial charge in [-0.3, -0.25) is 14.6 Å². The lowest BCUT2D eigenvalue weighted by Gasteiger charge is -2.52. The molecule has 1 aromatic carbocycles. The molecular formula is C19H28N2O2. The third-order valence-corrected chi connectivity index (χ3v) is 5.70. The molecule has 4 heteroatoms. The monoisotopic (exact) mass is 316 g/mol. The molecule has 0 radical (unpaired) electrons. The molecule has 0 spiro atoms. The minimum absolute atomic E-state index is 0.156. The van der Waals surface area contributed by atoms with Crippen LogP contribution in [0.2, 0.25) is 0 Å². The molecule has 3 rings (SSSR count). The third-order valence-electron chi connectivity index (χ3n) is 5.70. The predicted octanol–water partition coefficient (Wildman–Crippen LogP) is 2.94. The smallest absolute Gasteiger partial charge is 0.317 e. The average Bonchev–Trinajstić information content (AvgIpc) is 2.58. The predicted molar refractivity (Wildman–Crippen MR) is 91.4 cm³/mol. The minimum atomic E-state index is -0.722. The van der Waals surface area contributed by atoms with Crippen molar-refractivity contribution in [2.24, 2.45) is 0 Å². The number of carbonyl (C=O) groups is 1. The average molecular weight is 316 g/mol. The van der Waals surface area contributed by atoms with Gasteiger partial charge in [0.15, 0.2) is 0 Å². The molecule has 2 fully saturated rings. The Morgan fingerprint density at radius 2 is 1.87 bits per heavy atom. The molecule has 2 aliphatic rings. The molecule has 1 saturated carbocycles. The molecule has 1 aliphatic carbocycles. The number of benzene rings is 1. The Morgan fingerprint density at radius 1 is 1.17 bits per heavy atom. The van der Waals surface area contributed by atoms with Crippen LogP contribution < -0.4 is 0 Å². The first-order chi connectivity index (χ1) is 11.1. The molecule has 126 valence electrons. The van der Waals surface area contributed by atoms with E-state index < -0.39 is 5.97 Å². The summed E-state index contributed by atoms with van der Waals surface area (Å²) < 4.78 is 0. The van der Waals surface area contributed by atoms with Crippen LogP contribution in [-0.2, 0) is 10.3 Å². The Hall–Kier alpha value is -1.39. The summed E-state index contributed by atoms with van der Waals surface area (Å²) in [7, 11) is 0. The second-order valence-corrected chi connectivity index (χ2v) is 7.12. The summed E-state index contributed by atoms with van der Waals surface area (Å²) in [5.41, 5.74) is 1.60. The lowest BCUT2D eigenvalue weighted by molar-refractivity contribution is -0.140. The maximum Gasteiger partial charge on any atom is 0.317 e. The van der Waals surface area contributed by atoms with Crippen LogP contribution in [0.5, 0.6) is 0 Å². The fourth-order valence-electron chi connectivity index (χ4n) is 4.47. The first-order valence-electron chi connectivity index (χ1n) is 8.88. The molecule has 1 N–H and O–H groups in total. The molecule has 0 aromatic heterocycles. The highest BCUT2D eigenvalue weighted by molar-refractivity contribution is 5.69. The zero-order chi connectivity index (χ0) is 16.3. The Kier molecular flexibility index (Phi) is 5.02. The first-order valence-corrected chi connectivity index (χ1v) is 8.88. The molecule has 4 nitrogen and oxygen atoms in total. The number of piperazine rings is 1. The zero-order valence-electron chi connectivity index (χ0n) is 14.1. The van der Waals surface area contributed by atoms with Crippen LogP contribution in [0.1, 0.15) is 44.6 Å². The van der Waals surface area contributed by atoms with Crippen LogP contribution in [0, 0.1) is 0 Å². The molecule has 0 bridgehead atoms. The van der Waals surface area contributed by atoms with Gasteiger partial charge in [-0.1, -0.05) is 49.6 Å². The molecule has 1 saturated heterocycles. The molecule has 1 heterocycles. The van der Waals surface area contributed by atoms with Crippen LogP contribution in [0.4, 0.5) is 0 Å². The van der Waals surface area contributed by atoms with E-state index >= 15 is 0 Å². The summed E-state index contributed by atoms with van der Waals surface area (Å²) in [5, 5.41) is 9.07. The van der Waals surface area contributed by atoms with Crippen molar-refractivity contribution in [3.8, 4) is 0 Å². The van der Waals surface area contributed by atoms with Crippen molar-refractivity contribution in [3.05, 3.63) is 35.9 Å². The number of carboxylic acid groups (broad SMARTS) is 1. The van der Waals surface area contributed by atoms with E-state index in [9.17, 15) is 4.79 Å². The van der Waals surface area contributed by atoms with Crippen LogP contribution in [0.3, 0.4) is 0 Å². The molecule has 0 amide bonds. The van der Waals surface area contributed by atoms with Gasteiger partial charge in [0.1, 0.15) is 0 Å². The van der Waals surface area contributed by atoms with E-state index in [1.807, 2.05) is 0 Å². The largest absolute Gasteiger partial charge is 0.480 e. The summed E-state index contributed by atoms with van der Waals surface area (Å²) in [6, 6.07) is 11.2. The molecule has 1 aliphatic heterocycles. The van der Waals surface area contributed by atoms with Gasteiger partial charge in [0.05, 0.1) is 6.54 Å². The van der Waals surface area contributed by atoms with Gasteiger partial charge in [0.2, 0.25) is 0 Å². The normalized spacial score (nSPS) is 26.0. The van der Waals surface area contributed by atoms with Gasteiger partial charge in [-0.15, -0.1) is 0 Å². The highest BCUT2D eigenvalue weighted by Gasteiger charge is 2.42. The lowest BCUT2D eigenvalue weighted by atomic mass is 9.74. The van der Waals surface area contributed by atoms with Crippen molar-refractivity contribution in [2.45, 2.75) is 50.6 Å². The summed E-state index contributed by atoms with van der Waals surface area (Å²) in [4.78, 5) is 15.8. The lowest BCUT2D eigenvalue weighted by Crippen LogP contribution is -2.59. The minimum Gasteiger partial charge on any atom is -0.480 e. The van der Waals surface area contributed by atoms with E-state index in [0.29, 0.717) is 6.04 Å². The van der Waals surface area contributed by atoms with Gasteiger partial charge in [0, 0.05) is 31.2 Å². The van der Waals surface area contributed by atoms with E-state index in [4.69, 9.17) is 5.11 Å². The summed E-state index contributed by atoms with van der Waals surface area (Å²) >= 11 is 0. The van der Waals surface area contributed by atoms with Crippen molar-refractivity contribution >= 4 is 5.97 Å². The van der Waals surface area contributed by atoms with Crippen molar-refractivity contribution in [1.29, 1.82) is 0 Å². The van der Waals surface area contributed by atoms with Crippen molar-refractivity contribution in [3.63, 3.8) is 0 Å². The van der Waals surface area contributed by atoms with E-state index in [1.165, 1.54) is 37.7 Å². The van der Waals surface area contributed by atoms with E-state index in [2.05, 4.69) is 47.1 Å². The second kappa shape index (κ2) is 7.02. The topological polar surface area (TPSA) is 43.8 Å². The quantitative estimate of drug-likeness (QED) is 0.927. The first kappa shape index (κ1) is 16.5. The second-order valence-electron chi connectivity index (χ2n) is 7.12. The Balaban J connectivity index is 1.80. The number of carboxylic acids is 1. The number of hydrogen-bond acceptors (Lipinski definition) is 3. The maximum atomic E-state index is 11.0. The molecule has 23 heavy (non-hydrogen) atoms. The zero-order valence-corrected chi connectivity index (χ0v) is 14.1. The standard InChI is InChI=1S/C19H28N2O2/c1-16-14-21(13-12-20(16)15-18(22)23)19(10-6-3-7-11-19)17-8-4-2-5-9-17/h2,4-5,8-9,16H,3,6-7,10-15H2,1H3,(H,22,23). The van der Waals surface area contributed by atoms with Crippen molar-refractivity contribution in [1.82, 2.24) is 9.80 Å². The van der Waals surface area contributed by atoms with Gasteiger partial charge in [0.25, 0.3) is 0 Å². The van der Waals surface area contributed by atoms with Gasteiger partial charge < -0.3 is 5.11 Å². The highest BCUT2D eigenvalue weighted by atomic mass is 16.4. The van der Waals surface area contributed by atoms with Gasteiger partial charge in [-0.25, -0.2) is 0 Å². The van der Waals surface area contributed by atoms with Crippen LogP contribution >= 0.6 is 0 Å². The Labute approximate surface area is 139 Å². The summed E-state index contributed by atoms with van der Waals surface area (Å²) in [5.74, 6) is -0.722. The third kappa shape index (κ3) is 3.43. The molecular weight excluding hydrogens is 288 g/mol. The van der Waals surface area contributed by atoms with Crippen LogP contribution in [0.25, 0.3) is 0 Å². The molecule has 1 atom stereocenters. The fourth-order valence-corrected chi connectivity index (χ4v) is 4.47. The van der Waals surface area contributed by atoms with E-state index in [-0.39, 0.29) is 12.1 Å². The van der Waals surface area contributed by atoms with Crippen LogP contribution in [0.15, 0.2) is 30.3 Å². The Morgan fingerprint density at radius 3 is 2.48 bits per heavy atom.